The van der Waals surface area contributed by atoms with Crippen LogP contribution < -0.4 is 4.74 Å². The Balaban J connectivity index is 1.58. The van der Waals surface area contributed by atoms with Crippen molar-refractivity contribution in [1.82, 2.24) is 15.1 Å². The molecule has 0 unspecified atom stereocenters. The summed E-state index contributed by atoms with van der Waals surface area (Å²) < 4.78 is 18.9. The van der Waals surface area contributed by atoms with Crippen LogP contribution >= 0.6 is 11.6 Å². The van der Waals surface area contributed by atoms with E-state index in [4.69, 9.17) is 16.3 Å². The quantitative estimate of drug-likeness (QED) is 0.853. The SMILES string of the molecule is Cc1ccc(OC2CCN(C(=O)c3ccc(F)cc3Cl)CC2)nn1. The summed E-state index contributed by atoms with van der Waals surface area (Å²) in [5.41, 5.74) is 1.15. The van der Waals surface area contributed by atoms with Crippen molar-refractivity contribution in [2.75, 3.05) is 13.1 Å². The Morgan fingerprint density at radius 3 is 2.62 bits per heavy atom. The minimum Gasteiger partial charge on any atom is -0.473 e. The smallest absolute Gasteiger partial charge is 0.255 e. The van der Waals surface area contributed by atoms with E-state index in [1.807, 2.05) is 13.0 Å². The zero-order valence-corrected chi connectivity index (χ0v) is 14.0. The molecule has 0 atom stereocenters. The second kappa shape index (κ2) is 7.13. The molecule has 2 heterocycles. The summed E-state index contributed by atoms with van der Waals surface area (Å²) in [7, 11) is 0. The molecular formula is C17H17ClFN3O2. The van der Waals surface area contributed by atoms with Crippen LogP contribution in [0.3, 0.4) is 0 Å². The summed E-state index contributed by atoms with van der Waals surface area (Å²) in [5, 5.41) is 8.08. The molecule has 24 heavy (non-hydrogen) atoms. The van der Waals surface area contributed by atoms with Crippen LogP contribution in [0.15, 0.2) is 30.3 Å². The van der Waals surface area contributed by atoms with E-state index in [2.05, 4.69) is 10.2 Å². The van der Waals surface area contributed by atoms with Crippen molar-refractivity contribution in [3.63, 3.8) is 0 Å². The van der Waals surface area contributed by atoms with Crippen LogP contribution in [0.4, 0.5) is 4.39 Å². The lowest BCUT2D eigenvalue weighted by Crippen LogP contribution is -2.42. The number of carbonyl (C=O) groups excluding carboxylic acids is 1. The monoisotopic (exact) mass is 349 g/mol. The second-order valence-electron chi connectivity index (χ2n) is 5.75. The first-order chi connectivity index (χ1) is 11.5. The average Bonchev–Trinajstić information content (AvgIpc) is 2.57. The fourth-order valence-electron chi connectivity index (χ4n) is 2.63. The van der Waals surface area contributed by atoms with E-state index < -0.39 is 5.82 Å². The van der Waals surface area contributed by atoms with E-state index >= 15 is 0 Å². The van der Waals surface area contributed by atoms with Gasteiger partial charge in [0.1, 0.15) is 11.9 Å². The van der Waals surface area contributed by atoms with Gasteiger partial charge in [-0.15, -0.1) is 5.10 Å². The molecule has 5 nitrogen and oxygen atoms in total. The molecule has 0 radical (unpaired) electrons. The van der Waals surface area contributed by atoms with Crippen LogP contribution in [0, 0.1) is 12.7 Å². The second-order valence-corrected chi connectivity index (χ2v) is 6.15. The average molecular weight is 350 g/mol. The largest absolute Gasteiger partial charge is 0.473 e. The highest BCUT2D eigenvalue weighted by Gasteiger charge is 2.26. The van der Waals surface area contributed by atoms with E-state index in [0.717, 1.165) is 11.8 Å². The summed E-state index contributed by atoms with van der Waals surface area (Å²) in [6.07, 6.45) is 1.38. The standard InChI is InChI=1S/C17H17ClFN3O2/c1-11-2-5-16(21-20-11)24-13-6-8-22(9-7-13)17(23)14-4-3-12(19)10-15(14)18/h2-5,10,13H,6-9H2,1H3. The van der Waals surface area contributed by atoms with Crippen molar-refractivity contribution in [3.8, 4) is 5.88 Å². The highest BCUT2D eigenvalue weighted by molar-refractivity contribution is 6.33. The van der Waals surface area contributed by atoms with Crippen LogP contribution in [0.1, 0.15) is 28.9 Å². The number of carbonyl (C=O) groups is 1. The van der Waals surface area contributed by atoms with Crippen molar-refractivity contribution >= 4 is 17.5 Å². The van der Waals surface area contributed by atoms with Crippen LogP contribution in [-0.4, -0.2) is 40.2 Å². The number of aromatic nitrogens is 2. The van der Waals surface area contributed by atoms with Gasteiger partial charge in [-0.2, -0.15) is 5.10 Å². The molecule has 0 saturated carbocycles. The molecule has 0 aliphatic carbocycles. The van der Waals surface area contributed by atoms with Crippen LogP contribution in [0.5, 0.6) is 5.88 Å². The Morgan fingerprint density at radius 1 is 1.25 bits per heavy atom. The maximum atomic E-state index is 13.1. The normalized spacial score (nSPS) is 15.4. The zero-order valence-electron chi connectivity index (χ0n) is 13.2. The number of benzene rings is 1. The number of halogens is 2. The fourth-order valence-corrected chi connectivity index (χ4v) is 2.88. The van der Waals surface area contributed by atoms with Crippen molar-refractivity contribution in [2.24, 2.45) is 0 Å². The number of piperidine rings is 1. The highest BCUT2D eigenvalue weighted by Crippen LogP contribution is 2.22. The third-order valence-corrected chi connectivity index (χ3v) is 4.26. The maximum Gasteiger partial charge on any atom is 0.255 e. The van der Waals surface area contributed by atoms with Gasteiger partial charge in [0.25, 0.3) is 5.91 Å². The number of hydrogen-bond donors (Lipinski definition) is 0. The van der Waals surface area contributed by atoms with E-state index in [1.165, 1.54) is 12.1 Å². The van der Waals surface area contributed by atoms with E-state index in [1.54, 1.807) is 11.0 Å². The summed E-state index contributed by atoms with van der Waals surface area (Å²) in [4.78, 5) is 14.2. The lowest BCUT2D eigenvalue weighted by atomic mass is 10.1. The molecule has 1 aliphatic heterocycles. The van der Waals surface area contributed by atoms with Gasteiger partial charge in [0.05, 0.1) is 16.3 Å². The van der Waals surface area contributed by atoms with Gasteiger partial charge in [-0.05, 0) is 31.2 Å². The topological polar surface area (TPSA) is 55.3 Å². The number of nitrogens with zero attached hydrogens (tertiary/aromatic N) is 3. The lowest BCUT2D eigenvalue weighted by Gasteiger charge is -2.32. The summed E-state index contributed by atoms with van der Waals surface area (Å²) in [6.45, 7) is 2.97. The van der Waals surface area contributed by atoms with Crippen molar-refractivity contribution in [1.29, 1.82) is 0 Å². The van der Waals surface area contributed by atoms with Gasteiger partial charge in [-0.3, -0.25) is 4.79 Å². The van der Waals surface area contributed by atoms with Crippen molar-refractivity contribution in [2.45, 2.75) is 25.9 Å². The molecule has 0 spiro atoms. The predicted octanol–water partition coefficient (Wildman–Crippen LogP) is 3.26. The number of amides is 1. The molecule has 126 valence electrons. The van der Waals surface area contributed by atoms with E-state index in [9.17, 15) is 9.18 Å². The number of likely N-dealkylation sites (tertiary alicyclic amines) is 1. The van der Waals surface area contributed by atoms with Gasteiger partial charge in [0.2, 0.25) is 5.88 Å². The number of rotatable bonds is 3. The molecule has 0 bridgehead atoms. The van der Waals surface area contributed by atoms with Crippen molar-refractivity contribution in [3.05, 3.63) is 52.4 Å². The fraction of sp³-hybridized carbons (Fsp3) is 0.353. The molecule has 1 aliphatic rings. The first-order valence-corrected chi connectivity index (χ1v) is 8.12. The summed E-state index contributed by atoms with van der Waals surface area (Å²) >= 11 is 5.96. The number of ether oxygens (including phenoxy) is 1. The third kappa shape index (κ3) is 3.82. The summed E-state index contributed by atoms with van der Waals surface area (Å²) in [5.74, 6) is -0.150. The Hall–Kier alpha value is -2.21. The van der Waals surface area contributed by atoms with Crippen LogP contribution in [-0.2, 0) is 0 Å². The molecule has 1 fully saturated rings. The van der Waals surface area contributed by atoms with E-state index in [-0.39, 0.29) is 17.0 Å². The van der Waals surface area contributed by atoms with E-state index in [0.29, 0.717) is 37.4 Å². The number of aryl methyl sites for hydroxylation is 1. The minimum atomic E-state index is -0.456. The maximum absolute atomic E-state index is 13.1. The Kier molecular flexibility index (Phi) is 4.94. The molecule has 7 heteroatoms. The van der Waals surface area contributed by atoms with Gasteiger partial charge >= 0.3 is 0 Å². The highest BCUT2D eigenvalue weighted by atomic mass is 35.5. The molecule has 1 aromatic heterocycles. The van der Waals surface area contributed by atoms with Gasteiger partial charge in [-0.25, -0.2) is 4.39 Å². The number of hydrogen-bond acceptors (Lipinski definition) is 4. The lowest BCUT2D eigenvalue weighted by molar-refractivity contribution is 0.0586. The summed E-state index contributed by atoms with van der Waals surface area (Å²) in [6, 6.07) is 7.45. The molecule has 1 amide bonds. The minimum absolute atomic E-state index is 0.00486. The Morgan fingerprint density at radius 2 is 2.00 bits per heavy atom. The van der Waals surface area contributed by atoms with Crippen molar-refractivity contribution < 1.29 is 13.9 Å². The van der Waals surface area contributed by atoms with Gasteiger partial charge in [0, 0.05) is 32.0 Å². The van der Waals surface area contributed by atoms with Gasteiger partial charge in [0.15, 0.2) is 0 Å². The molecule has 1 saturated heterocycles. The zero-order chi connectivity index (χ0) is 17.1. The van der Waals surface area contributed by atoms with Gasteiger partial charge < -0.3 is 9.64 Å². The van der Waals surface area contributed by atoms with Crippen LogP contribution in [0.2, 0.25) is 5.02 Å². The van der Waals surface area contributed by atoms with Gasteiger partial charge in [-0.1, -0.05) is 11.6 Å². The molecule has 0 N–H and O–H groups in total. The molecular weight excluding hydrogens is 333 g/mol. The Bertz CT molecular complexity index is 731. The third-order valence-electron chi connectivity index (χ3n) is 3.95. The first-order valence-electron chi connectivity index (χ1n) is 7.74. The molecule has 3 rings (SSSR count). The predicted molar refractivity (Wildman–Crippen MR) is 87.7 cm³/mol. The molecule has 2 aromatic rings. The Labute approximate surface area is 144 Å². The molecule has 1 aromatic carbocycles. The van der Waals surface area contributed by atoms with Crippen LogP contribution in [0.25, 0.3) is 0 Å². The first kappa shape index (κ1) is 16.6.